The molecule has 10 heteroatoms. The summed E-state index contributed by atoms with van der Waals surface area (Å²) in [5.74, 6) is -1.43. The van der Waals surface area contributed by atoms with Gasteiger partial charge in [0.2, 0.25) is 0 Å². The van der Waals surface area contributed by atoms with Crippen LogP contribution in [0.2, 0.25) is 0 Å². The monoisotopic (exact) mass is 388 g/mol. The van der Waals surface area contributed by atoms with Gasteiger partial charge in [0.15, 0.2) is 0 Å². The molecule has 0 aliphatic heterocycles. The predicted molar refractivity (Wildman–Crippen MR) is 86.8 cm³/mol. The largest absolute Gasteiger partial charge is 0.433 e. The van der Waals surface area contributed by atoms with Gasteiger partial charge in [-0.2, -0.15) is 13.2 Å². The highest BCUT2D eigenvalue weighted by molar-refractivity contribution is 5.73. The number of nitrogens with one attached hydrogen (secondary N) is 1. The highest BCUT2D eigenvalue weighted by atomic mass is 19.4. The van der Waals surface area contributed by atoms with Crippen molar-refractivity contribution in [2.75, 3.05) is 20.1 Å². The molecule has 0 unspecified atom stereocenters. The fourth-order valence-corrected chi connectivity index (χ4v) is 2.25. The average molecular weight is 388 g/mol. The lowest BCUT2D eigenvalue weighted by Crippen LogP contribution is -2.39. The first-order chi connectivity index (χ1) is 12.7. The van der Waals surface area contributed by atoms with Crippen LogP contribution in [0.1, 0.15) is 17.1 Å². The Morgan fingerprint density at radius 3 is 2.44 bits per heavy atom. The third-order valence-corrected chi connectivity index (χ3v) is 3.73. The van der Waals surface area contributed by atoms with E-state index in [1.165, 1.54) is 18.0 Å². The van der Waals surface area contributed by atoms with E-state index < -0.39 is 29.5 Å². The lowest BCUT2D eigenvalue weighted by molar-refractivity contribution is -0.141. The van der Waals surface area contributed by atoms with Gasteiger partial charge in [-0.3, -0.25) is 0 Å². The van der Waals surface area contributed by atoms with Crippen molar-refractivity contribution >= 4 is 6.03 Å². The number of urea groups is 1. The summed E-state index contributed by atoms with van der Waals surface area (Å²) in [7, 11) is 1.44. The maximum absolute atomic E-state index is 13.5. The Morgan fingerprint density at radius 1 is 1.15 bits per heavy atom. The summed E-state index contributed by atoms with van der Waals surface area (Å²) < 4.78 is 64.8. The predicted octanol–water partition coefficient (Wildman–Crippen LogP) is 3.20. The molecule has 0 saturated carbocycles. The quantitative estimate of drug-likeness (QED) is 0.774. The number of halogens is 5. The van der Waals surface area contributed by atoms with Gasteiger partial charge in [0.25, 0.3) is 0 Å². The van der Waals surface area contributed by atoms with Crippen LogP contribution < -0.4 is 5.32 Å². The first-order valence-electron chi connectivity index (χ1n) is 7.99. The number of carbonyl (C=O) groups excluding carboxylic acids is 1. The molecule has 1 N–H and O–H groups in total. The summed E-state index contributed by atoms with van der Waals surface area (Å²) >= 11 is 0. The summed E-state index contributed by atoms with van der Waals surface area (Å²) in [6.07, 6.45) is -3.57. The molecular formula is C17H17F5N4O. The minimum Gasteiger partial charge on any atom is -0.338 e. The maximum Gasteiger partial charge on any atom is 0.433 e. The fraction of sp³-hybridized carbons (Fsp3) is 0.353. The molecule has 0 aliphatic rings. The number of carbonyl (C=O) groups is 1. The van der Waals surface area contributed by atoms with Crippen LogP contribution in [0.15, 0.2) is 30.5 Å². The Bertz CT molecular complexity index is 777. The molecule has 0 saturated heterocycles. The zero-order chi connectivity index (χ0) is 20.0. The van der Waals surface area contributed by atoms with Crippen LogP contribution in [0.4, 0.5) is 26.7 Å². The third kappa shape index (κ3) is 5.87. The minimum atomic E-state index is -4.57. The van der Waals surface area contributed by atoms with E-state index in [9.17, 15) is 26.7 Å². The second kappa shape index (κ2) is 8.74. The third-order valence-electron chi connectivity index (χ3n) is 3.73. The molecular weight excluding hydrogens is 371 g/mol. The van der Waals surface area contributed by atoms with Crippen LogP contribution >= 0.6 is 0 Å². The van der Waals surface area contributed by atoms with Crippen molar-refractivity contribution in [3.8, 4) is 0 Å². The molecule has 0 bridgehead atoms. The normalized spacial score (nSPS) is 11.3. The van der Waals surface area contributed by atoms with Crippen molar-refractivity contribution in [1.29, 1.82) is 0 Å². The van der Waals surface area contributed by atoms with E-state index in [-0.39, 0.29) is 37.3 Å². The van der Waals surface area contributed by atoms with E-state index in [1.54, 1.807) is 0 Å². The highest BCUT2D eigenvalue weighted by Gasteiger charge is 2.32. The zero-order valence-corrected chi connectivity index (χ0v) is 14.4. The lowest BCUT2D eigenvalue weighted by Gasteiger charge is -2.18. The Kier molecular flexibility index (Phi) is 6.65. The smallest absolute Gasteiger partial charge is 0.338 e. The summed E-state index contributed by atoms with van der Waals surface area (Å²) in [6.45, 7) is 0.0717. The number of rotatable bonds is 6. The summed E-state index contributed by atoms with van der Waals surface area (Å²) in [5.41, 5.74) is -1.18. The average Bonchev–Trinajstić information content (AvgIpc) is 2.61. The van der Waals surface area contributed by atoms with Crippen LogP contribution in [0, 0.1) is 11.6 Å². The molecule has 1 aromatic heterocycles. The van der Waals surface area contributed by atoms with Gasteiger partial charge in [-0.15, -0.1) is 0 Å². The first kappa shape index (κ1) is 20.5. The highest BCUT2D eigenvalue weighted by Crippen LogP contribution is 2.26. The van der Waals surface area contributed by atoms with Crippen LogP contribution in [0.3, 0.4) is 0 Å². The number of benzene rings is 1. The molecule has 27 heavy (non-hydrogen) atoms. The maximum atomic E-state index is 13.5. The van der Waals surface area contributed by atoms with Crippen molar-refractivity contribution < 1.29 is 26.7 Å². The van der Waals surface area contributed by atoms with Gasteiger partial charge in [0.1, 0.15) is 23.2 Å². The topological polar surface area (TPSA) is 58.1 Å². The molecule has 1 heterocycles. The number of hydrogen-bond donors (Lipinski definition) is 1. The Hall–Kier alpha value is -2.78. The van der Waals surface area contributed by atoms with Gasteiger partial charge in [0.05, 0.1) is 0 Å². The Morgan fingerprint density at radius 2 is 1.81 bits per heavy atom. The van der Waals surface area contributed by atoms with Gasteiger partial charge < -0.3 is 10.2 Å². The standard InChI is InChI=1S/C17H17F5N4O/c1-26(10-7-15-23-9-6-14(25-15)17(20,21)22)16(27)24-8-5-11-12(18)3-2-4-13(11)19/h2-4,6,9H,5,7-8,10H2,1H3,(H,24,27). The van der Waals surface area contributed by atoms with Gasteiger partial charge in [0, 0.05) is 38.3 Å². The molecule has 0 fully saturated rings. The van der Waals surface area contributed by atoms with Crippen molar-refractivity contribution in [3.63, 3.8) is 0 Å². The molecule has 146 valence electrons. The van der Waals surface area contributed by atoms with Crippen LogP contribution in [0.25, 0.3) is 0 Å². The van der Waals surface area contributed by atoms with Gasteiger partial charge in [-0.1, -0.05) is 6.07 Å². The van der Waals surface area contributed by atoms with Crippen LogP contribution in [-0.2, 0) is 19.0 Å². The van der Waals surface area contributed by atoms with Crippen molar-refractivity contribution in [3.05, 3.63) is 59.2 Å². The molecule has 0 atom stereocenters. The van der Waals surface area contributed by atoms with E-state index in [0.29, 0.717) is 0 Å². The number of likely N-dealkylation sites (N-methyl/N-ethyl adjacent to an activating group) is 1. The second-order valence-electron chi connectivity index (χ2n) is 5.71. The summed E-state index contributed by atoms with van der Waals surface area (Å²) in [4.78, 5) is 20.4. The number of aromatic nitrogens is 2. The van der Waals surface area contributed by atoms with E-state index in [1.807, 2.05) is 0 Å². The molecule has 0 radical (unpaired) electrons. The van der Waals surface area contributed by atoms with Crippen molar-refractivity contribution in [2.45, 2.75) is 19.0 Å². The molecule has 2 aromatic rings. The number of alkyl halides is 3. The van der Waals surface area contributed by atoms with Crippen LogP contribution in [-0.4, -0.2) is 41.0 Å². The minimum absolute atomic E-state index is 0.00108. The number of hydrogen-bond acceptors (Lipinski definition) is 3. The van der Waals surface area contributed by atoms with Gasteiger partial charge >= 0.3 is 12.2 Å². The van der Waals surface area contributed by atoms with Crippen molar-refractivity contribution in [2.24, 2.45) is 0 Å². The van der Waals surface area contributed by atoms with E-state index in [0.717, 1.165) is 24.4 Å². The van der Waals surface area contributed by atoms with E-state index in [2.05, 4.69) is 15.3 Å². The van der Waals surface area contributed by atoms with E-state index >= 15 is 0 Å². The zero-order valence-electron chi connectivity index (χ0n) is 14.4. The van der Waals surface area contributed by atoms with Crippen molar-refractivity contribution in [1.82, 2.24) is 20.2 Å². The number of nitrogens with zero attached hydrogens (tertiary/aromatic N) is 3. The fourth-order valence-electron chi connectivity index (χ4n) is 2.25. The van der Waals surface area contributed by atoms with Gasteiger partial charge in [-0.25, -0.2) is 23.5 Å². The van der Waals surface area contributed by atoms with Crippen LogP contribution in [0.5, 0.6) is 0 Å². The molecule has 5 nitrogen and oxygen atoms in total. The van der Waals surface area contributed by atoms with E-state index in [4.69, 9.17) is 0 Å². The Labute approximate surface area is 152 Å². The summed E-state index contributed by atoms with van der Waals surface area (Å²) in [5, 5.41) is 2.49. The molecule has 1 aromatic carbocycles. The molecule has 0 aliphatic carbocycles. The second-order valence-corrected chi connectivity index (χ2v) is 5.71. The number of amides is 2. The first-order valence-corrected chi connectivity index (χ1v) is 7.99. The molecule has 0 spiro atoms. The summed E-state index contributed by atoms with van der Waals surface area (Å²) in [6, 6.07) is 3.74. The molecule has 2 rings (SSSR count). The lowest BCUT2D eigenvalue weighted by atomic mass is 10.1. The molecule has 2 amide bonds. The Balaban J connectivity index is 1.82. The van der Waals surface area contributed by atoms with Gasteiger partial charge in [-0.05, 0) is 24.6 Å². The SMILES string of the molecule is CN(CCc1nccc(C(F)(F)F)n1)C(=O)NCCc1c(F)cccc1F.